The molecule has 2 aromatic heterocycles. The highest BCUT2D eigenvalue weighted by molar-refractivity contribution is 6.08. The Hall–Kier alpha value is -3.22. The average molecular weight is 310 g/mol. The minimum atomic E-state index is -1.07. The molecule has 0 spiro atoms. The molecule has 1 aromatic carbocycles. The van der Waals surface area contributed by atoms with Crippen molar-refractivity contribution in [3.8, 4) is 11.3 Å². The smallest absolute Gasteiger partial charge is 0.338 e. The van der Waals surface area contributed by atoms with E-state index in [0.29, 0.717) is 40.1 Å². The maximum Gasteiger partial charge on any atom is 0.338 e. The van der Waals surface area contributed by atoms with Gasteiger partial charge in [-0.2, -0.15) is 0 Å². The van der Waals surface area contributed by atoms with Crippen molar-refractivity contribution < 1.29 is 14.7 Å². The summed E-state index contributed by atoms with van der Waals surface area (Å²) in [5.41, 5.74) is 7.27. The van der Waals surface area contributed by atoms with Crippen molar-refractivity contribution in [1.29, 1.82) is 0 Å². The number of aryl methyl sites for hydroxylation is 1. The number of aromatic carboxylic acids is 1. The molecule has 0 radical (unpaired) electrons. The molecule has 2 heterocycles. The highest BCUT2D eigenvalue weighted by Crippen LogP contribution is 2.29. The molecule has 0 unspecified atom stereocenters. The second-order valence-corrected chi connectivity index (χ2v) is 5.02. The van der Waals surface area contributed by atoms with Crippen LogP contribution in [0.25, 0.3) is 22.3 Å². The maximum absolute atomic E-state index is 11.4. The Labute approximate surface area is 131 Å². The fraction of sp³-hybridized carbons (Fsp3) is 0.125. The molecule has 4 N–H and O–H groups in total. The van der Waals surface area contributed by atoms with Gasteiger partial charge in [-0.15, -0.1) is 0 Å². The standard InChI is InChI=1S/C16H14N4O3/c1-2-11-19-13(8-4-3-5-9(6-8)14(17)21)12-10(16(22)23)7-18-15(12)20-11/h3-7H,2H2,1H3,(H2,17,21)(H,22,23)(H,18,19,20). The highest BCUT2D eigenvalue weighted by atomic mass is 16.4. The van der Waals surface area contributed by atoms with Crippen molar-refractivity contribution in [2.45, 2.75) is 13.3 Å². The average Bonchev–Trinajstić information content (AvgIpc) is 2.98. The Morgan fingerprint density at radius 1 is 1.30 bits per heavy atom. The van der Waals surface area contributed by atoms with E-state index in [1.54, 1.807) is 24.3 Å². The molecule has 116 valence electrons. The summed E-state index contributed by atoms with van der Waals surface area (Å²) in [5, 5.41) is 9.78. The summed E-state index contributed by atoms with van der Waals surface area (Å²) in [5.74, 6) is -1.05. The third-order valence-corrected chi connectivity index (χ3v) is 3.55. The van der Waals surface area contributed by atoms with Crippen LogP contribution in [0.3, 0.4) is 0 Å². The first kappa shape index (κ1) is 14.7. The monoisotopic (exact) mass is 310 g/mol. The number of aromatic amines is 1. The number of nitrogens with zero attached hydrogens (tertiary/aromatic N) is 2. The van der Waals surface area contributed by atoms with Crippen LogP contribution >= 0.6 is 0 Å². The van der Waals surface area contributed by atoms with Crippen molar-refractivity contribution in [3.05, 3.63) is 47.4 Å². The predicted octanol–water partition coefficient (Wildman–Crippen LogP) is 1.98. The number of H-pyrrole nitrogens is 1. The van der Waals surface area contributed by atoms with Crippen LogP contribution in [0, 0.1) is 0 Å². The SMILES string of the molecule is CCc1nc(-c2cccc(C(N)=O)c2)c2c(C(=O)O)c[nH]c2n1. The number of hydrogen-bond donors (Lipinski definition) is 3. The van der Waals surface area contributed by atoms with Gasteiger partial charge in [0.25, 0.3) is 0 Å². The summed E-state index contributed by atoms with van der Waals surface area (Å²) in [6, 6.07) is 6.64. The second kappa shape index (κ2) is 5.53. The summed E-state index contributed by atoms with van der Waals surface area (Å²) < 4.78 is 0. The molecule has 0 saturated carbocycles. The first-order chi connectivity index (χ1) is 11.0. The predicted molar refractivity (Wildman–Crippen MR) is 84.2 cm³/mol. The number of nitrogens with one attached hydrogen (secondary N) is 1. The molecule has 0 aliphatic rings. The Kier molecular flexibility index (Phi) is 3.53. The molecule has 7 nitrogen and oxygen atoms in total. The first-order valence-electron chi connectivity index (χ1n) is 7.02. The summed E-state index contributed by atoms with van der Waals surface area (Å²) in [6.45, 7) is 1.91. The molecule has 3 rings (SSSR count). The van der Waals surface area contributed by atoms with Crippen LogP contribution in [0.1, 0.15) is 33.5 Å². The van der Waals surface area contributed by atoms with E-state index in [-0.39, 0.29) is 5.56 Å². The first-order valence-corrected chi connectivity index (χ1v) is 7.02. The van der Waals surface area contributed by atoms with Crippen LogP contribution in [-0.4, -0.2) is 31.9 Å². The molecule has 23 heavy (non-hydrogen) atoms. The third-order valence-electron chi connectivity index (χ3n) is 3.55. The van der Waals surface area contributed by atoms with Crippen LogP contribution in [-0.2, 0) is 6.42 Å². The lowest BCUT2D eigenvalue weighted by Gasteiger charge is -2.07. The Balaban J connectivity index is 2.34. The van der Waals surface area contributed by atoms with E-state index in [1.807, 2.05) is 6.92 Å². The van der Waals surface area contributed by atoms with E-state index in [2.05, 4.69) is 15.0 Å². The zero-order valence-electron chi connectivity index (χ0n) is 12.3. The molecule has 3 aromatic rings. The molecule has 0 fully saturated rings. The van der Waals surface area contributed by atoms with E-state index in [1.165, 1.54) is 6.20 Å². The lowest BCUT2D eigenvalue weighted by Crippen LogP contribution is -2.10. The summed E-state index contributed by atoms with van der Waals surface area (Å²) in [4.78, 5) is 34.5. The summed E-state index contributed by atoms with van der Waals surface area (Å²) in [6.07, 6.45) is 1.99. The quantitative estimate of drug-likeness (QED) is 0.680. The Morgan fingerprint density at radius 3 is 2.74 bits per heavy atom. The van der Waals surface area contributed by atoms with E-state index in [4.69, 9.17) is 5.73 Å². The molecule has 0 saturated heterocycles. The van der Waals surface area contributed by atoms with Crippen LogP contribution in [0.4, 0.5) is 0 Å². The number of carbonyl (C=O) groups excluding carboxylic acids is 1. The maximum atomic E-state index is 11.4. The fourth-order valence-corrected chi connectivity index (χ4v) is 2.43. The van der Waals surface area contributed by atoms with E-state index < -0.39 is 11.9 Å². The highest BCUT2D eigenvalue weighted by Gasteiger charge is 2.19. The van der Waals surface area contributed by atoms with Crippen molar-refractivity contribution in [3.63, 3.8) is 0 Å². The minimum Gasteiger partial charge on any atom is -0.478 e. The number of aromatic nitrogens is 3. The Morgan fingerprint density at radius 2 is 2.09 bits per heavy atom. The van der Waals surface area contributed by atoms with Gasteiger partial charge in [-0.25, -0.2) is 14.8 Å². The number of benzene rings is 1. The van der Waals surface area contributed by atoms with Crippen molar-refractivity contribution in [2.24, 2.45) is 5.73 Å². The van der Waals surface area contributed by atoms with Gasteiger partial charge in [0, 0.05) is 23.7 Å². The molecule has 0 bridgehead atoms. The van der Waals surface area contributed by atoms with Crippen molar-refractivity contribution in [2.75, 3.05) is 0 Å². The third kappa shape index (κ3) is 2.52. The summed E-state index contributed by atoms with van der Waals surface area (Å²) in [7, 11) is 0. The lowest BCUT2D eigenvalue weighted by atomic mass is 10.0. The molecule has 0 aliphatic heterocycles. The van der Waals surface area contributed by atoms with Gasteiger partial charge in [0.1, 0.15) is 11.5 Å². The van der Waals surface area contributed by atoms with Gasteiger partial charge in [-0.05, 0) is 12.1 Å². The minimum absolute atomic E-state index is 0.0853. The van der Waals surface area contributed by atoms with Gasteiger partial charge in [0.15, 0.2) is 0 Å². The van der Waals surface area contributed by atoms with E-state index >= 15 is 0 Å². The Bertz CT molecular complexity index is 930. The van der Waals surface area contributed by atoms with Gasteiger partial charge in [0.05, 0.1) is 16.6 Å². The number of hydrogen-bond acceptors (Lipinski definition) is 4. The van der Waals surface area contributed by atoms with Crippen LogP contribution in [0.5, 0.6) is 0 Å². The van der Waals surface area contributed by atoms with Crippen LogP contribution < -0.4 is 5.73 Å². The molecule has 0 atom stereocenters. The number of amides is 1. The lowest BCUT2D eigenvalue weighted by molar-refractivity contribution is 0.0698. The zero-order valence-corrected chi connectivity index (χ0v) is 12.3. The summed E-state index contributed by atoms with van der Waals surface area (Å²) >= 11 is 0. The molecule has 7 heteroatoms. The normalized spacial score (nSPS) is 10.8. The van der Waals surface area contributed by atoms with Crippen molar-refractivity contribution in [1.82, 2.24) is 15.0 Å². The van der Waals surface area contributed by atoms with Gasteiger partial charge >= 0.3 is 5.97 Å². The number of carboxylic acids is 1. The van der Waals surface area contributed by atoms with Gasteiger partial charge in [-0.3, -0.25) is 4.79 Å². The number of carbonyl (C=O) groups is 2. The molecular weight excluding hydrogens is 296 g/mol. The number of nitrogens with two attached hydrogens (primary N) is 1. The van der Waals surface area contributed by atoms with Crippen LogP contribution in [0.15, 0.2) is 30.5 Å². The molecule has 1 amide bonds. The van der Waals surface area contributed by atoms with E-state index in [9.17, 15) is 14.7 Å². The van der Waals surface area contributed by atoms with Gasteiger partial charge in [0.2, 0.25) is 5.91 Å². The number of fused-ring (bicyclic) bond motifs is 1. The number of rotatable bonds is 4. The zero-order chi connectivity index (χ0) is 16.6. The number of carboxylic acid groups (broad SMARTS) is 1. The van der Waals surface area contributed by atoms with Gasteiger partial charge < -0.3 is 15.8 Å². The fourth-order valence-electron chi connectivity index (χ4n) is 2.43. The van der Waals surface area contributed by atoms with Gasteiger partial charge in [-0.1, -0.05) is 19.1 Å². The second-order valence-electron chi connectivity index (χ2n) is 5.02. The van der Waals surface area contributed by atoms with Crippen LogP contribution in [0.2, 0.25) is 0 Å². The topological polar surface area (TPSA) is 122 Å². The molecular formula is C16H14N4O3. The number of primary amides is 1. The largest absolute Gasteiger partial charge is 0.478 e. The van der Waals surface area contributed by atoms with E-state index in [0.717, 1.165) is 0 Å². The van der Waals surface area contributed by atoms with Crippen molar-refractivity contribution >= 4 is 22.9 Å². The molecule has 0 aliphatic carbocycles.